The second-order valence-electron chi connectivity index (χ2n) is 4.84. The molecule has 0 N–H and O–H groups in total. The molecule has 1 aromatic carbocycles. The van der Waals surface area contributed by atoms with Crippen molar-refractivity contribution in [2.24, 2.45) is 0 Å². The smallest absolute Gasteiger partial charge is 0.323 e. The first-order valence-electron chi connectivity index (χ1n) is 6.48. The van der Waals surface area contributed by atoms with Crippen molar-refractivity contribution in [2.75, 3.05) is 20.4 Å². The third-order valence-electron chi connectivity index (χ3n) is 3.66. The monoisotopic (exact) mass is 263 g/mol. The molecule has 0 amide bonds. The summed E-state index contributed by atoms with van der Waals surface area (Å²) in [7, 11) is 1.44. The molecule has 1 aromatic rings. The number of ether oxygens (including phenoxy) is 3. The van der Waals surface area contributed by atoms with Crippen molar-refractivity contribution in [2.45, 2.75) is 25.4 Å². The average molecular weight is 263 g/mol. The van der Waals surface area contributed by atoms with Crippen molar-refractivity contribution in [1.29, 1.82) is 0 Å². The zero-order chi connectivity index (χ0) is 13.2. The van der Waals surface area contributed by atoms with E-state index in [9.17, 15) is 4.79 Å². The summed E-state index contributed by atoms with van der Waals surface area (Å²) in [6.45, 7) is 1.94. The van der Waals surface area contributed by atoms with E-state index < -0.39 is 0 Å². The molecule has 2 heterocycles. The zero-order valence-corrected chi connectivity index (χ0v) is 10.9. The minimum Gasteiger partial charge on any atom is -0.468 e. The van der Waals surface area contributed by atoms with Crippen molar-refractivity contribution < 1.29 is 19.0 Å². The molecule has 1 fully saturated rings. The summed E-state index contributed by atoms with van der Waals surface area (Å²) in [6.07, 6.45) is 1.90. The van der Waals surface area contributed by atoms with E-state index in [1.54, 1.807) is 0 Å². The van der Waals surface area contributed by atoms with Crippen LogP contribution in [0.4, 0.5) is 0 Å². The normalized spacial score (nSPS) is 21.6. The molecule has 0 saturated carbocycles. The standard InChI is InChI=1S/C14H17NO4/c1-17-14(16)11-3-2-6-15(11)8-10-4-5-12-13(7-10)19-9-18-12/h4-5,7,11H,2-3,6,8-9H2,1H3. The lowest BCUT2D eigenvalue weighted by molar-refractivity contribution is -0.146. The van der Waals surface area contributed by atoms with Gasteiger partial charge in [-0.2, -0.15) is 0 Å². The highest BCUT2D eigenvalue weighted by Crippen LogP contribution is 2.33. The van der Waals surface area contributed by atoms with Crippen molar-refractivity contribution in [1.82, 2.24) is 4.90 Å². The van der Waals surface area contributed by atoms with Gasteiger partial charge in [0.25, 0.3) is 0 Å². The fourth-order valence-corrected chi connectivity index (χ4v) is 2.69. The Hall–Kier alpha value is -1.75. The van der Waals surface area contributed by atoms with E-state index in [4.69, 9.17) is 14.2 Å². The topological polar surface area (TPSA) is 48.0 Å². The van der Waals surface area contributed by atoms with Crippen LogP contribution < -0.4 is 9.47 Å². The average Bonchev–Trinajstić information content (AvgIpc) is 3.06. The molecule has 0 bridgehead atoms. The third kappa shape index (κ3) is 2.38. The van der Waals surface area contributed by atoms with Gasteiger partial charge >= 0.3 is 5.97 Å². The van der Waals surface area contributed by atoms with Gasteiger partial charge in [-0.3, -0.25) is 9.69 Å². The Kier molecular flexibility index (Phi) is 3.29. The summed E-state index contributed by atoms with van der Waals surface area (Å²) in [5.41, 5.74) is 1.13. The van der Waals surface area contributed by atoms with Gasteiger partial charge in [-0.1, -0.05) is 6.07 Å². The van der Waals surface area contributed by atoms with Gasteiger partial charge in [0.15, 0.2) is 11.5 Å². The Morgan fingerprint density at radius 3 is 3.11 bits per heavy atom. The van der Waals surface area contributed by atoms with E-state index in [1.807, 2.05) is 18.2 Å². The first kappa shape index (κ1) is 12.3. The van der Waals surface area contributed by atoms with Gasteiger partial charge in [0.1, 0.15) is 6.04 Å². The fourth-order valence-electron chi connectivity index (χ4n) is 2.69. The highest BCUT2D eigenvalue weighted by atomic mass is 16.7. The molecule has 19 heavy (non-hydrogen) atoms. The summed E-state index contributed by atoms with van der Waals surface area (Å²) in [4.78, 5) is 13.8. The number of carbonyl (C=O) groups excluding carboxylic acids is 1. The number of fused-ring (bicyclic) bond motifs is 1. The van der Waals surface area contributed by atoms with Gasteiger partial charge in [-0.25, -0.2) is 0 Å². The molecule has 5 heteroatoms. The largest absolute Gasteiger partial charge is 0.468 e. The van der Waals surface area contributed by atoms with Crippen molar-refractivity contribution in [3.63, 3.8) is 0 Å². The number of rotatable bonds is 3. The summed E-state index contributed by atoms with van der Waals surface area (Å²) in [5, 5.41) is 0. The SMILES string of the molecule is COC(=O)C1CCCN1Cc1ccc2c(c1)OCO2. The molecule has 5 nitrogen and oxygen atoms in total. The second kappa shape index (κ2) is 5.09. The van der Waals surface area contributed by atoms with E-state index in [0.717, 1.165) is 43.0 Å². The highest BCUT2D eigenvalue weighted by Gasteiger charge is 2.31. The van der Waals surface area contributed by atoms with E-state index in [2.05, 4.69) is 4.90 Å². The second-order valence-corrected chi connectivity index (χ2v) is 4.84. The predicted molar refractivity (Wildman–Crippen MR) is 68.0 cm³/mol. The number of hydrogen-bond acceptors (Lipinski definition) is 5. The molecule has 2 aliphatic heterocycles. The van der Waals surface area contributed by atoms with Crippen molar-refractivity contribution in [3.8, 4) is 11.5 Å². The van der Waals surface area contributed by atoms with Crippen LogP contribution in [0, 0.1) is 0 Å². The van der Waals surface area contributed by atoms with Gasteiger partial charge in [-0.15, -0.1) is 0 Å². The number of likely N-dealkylation sites (tertiary alicyclic amines) is 1. The first-order chi connectivity index (χ1) is 9.28. The molecular weight excluding hydrogens is 246 g/mol. The number of methoxy groups -OCH3 is 1. The van der Waals surface area contributed by atoms with E-state index in [1.165, 1.54) is 7.11 Å². The van der Waals surface area contributed by atoms with Gasteiger partial charge in [0.05, 0.1) is 7.11 Å². The lowest BCUT2D eigenvalue weighted by atomic mass is 10.1. The Labute approximate surface area is 112 Å². The third-order valence-corrected chi connectivity index (χ3v) is 3.66. The summed E-state index contributed by atoms with van der Waals surface area (Å²) < 4.78 is 15.5. The molecule has 0 spiro atoms. The quantitative estimate of drug-likeness (QED) is 0.774. The van der Waals surface area contributed by atoms with Gasteiger partial charge in [0.2, 0.25) is 6.79 Å². The molecule has 0 radical (unpaired) electrons. The van der Waals surface area contributed by atoms with Crippen LogP contribution in [-0.4, -0.2) is 37.4 Å². The van der Waals surface area contributed by atoms with Gasteiger partial charge < -0.3 is 14.2 Å². The van der Waals surface area contributed by atoms with Crippen LogP contribution in [-0.2, 0) is 16.1 Å². The van der Waals surface area contributed by atoms with Crippen molar-refractivity contribution in [3.05, 3.63) is 23.8 Å². The van der Waals surface area contributed by atoms with Crippen LogP contribution >= 0.6 is 0 Å². The van der Waals surface area contributed by atoms with Crippen LogP contribution in [0.25, 0.3) is 0 Å². The lowest BCUT2D eigenvalue weighted by Crippen LogP contribution is -2.36. The Balaban J connectivity index is 1.72. The molecule has 1 unspecified atom stereocenters. The lowest BCUT2D eigenvalue weighted by Gasteiger charge is -2.22. The number of esters is 1. The van der Waals surface area contributed by atoms with Gasteiger partial charge in [0, 0.05) is 6.54 Å². The van der Waals surface area contributed by atoms with Crippen LogP contribution in [0.15, 0.2) is 18.2 Å². The maximum atomic E-state index is 11.7. The number of carbonyl (C=O) groups is 1. The molecule has 3 rings (SSSR count). The van der Waals surface area contributed by atoms with Crippen molar-refractivity contribution >= 4 is 5.97 Å². The first-order valence-corrected chi connectivity index (χ1v) is 6.48. The summed E-state index contributed by atoms with van der Waals surface area (Å²) in [5.74, 6) is 1.43. The highest BCUT2D eigenvalue weighted by molar-refractivity contribution is 5.76. The maximum absolute atomic E-state index is 11.7. The zero-order valence-electron chi connectivity index (χ0n) is 10.9. The molecule has 2 aliphatic rings. The van der Waals surface area contributed by atoms with E-state index >= 15 is 0 Å². The number of hydrogen-bond donors (Lipinski definition) is 0. The molecule has 1 atom stereocenters. The molecule has 1 saturated heterocycles. The number of benzene rings is 1. The van der Waals surface area contributed by atoms with Crippen LogP contribution in [0.5, 0.6) is 11.5 Å². The fraction of sp³-hybridized carbons (Fsp3) is 0.500. The number of nitrogens with zero attached hydrogens (tertiary/aromatic N) is 1. The van der Waals surface area contributed by atoms with Crippen LogP contribution in [0.3, 0.4) is 0 Å². The molecule has 102 valence electrons. The minimum absolute atomic E-state index is 0.115. The predicted octanol–water partition coefficient (Wildman–Crippen LogP) is 1.55. The van der Waals surface area contributed by atoms with E-state index in [0.29, 0.717) is 0 Å². The van der Waals surface area contributed by atoms with Crippen LogP contribution in [0.1, 0.15) is 18.4 Å². The Morgan fingerprint density at radius 2 is 2.26 bits per heavy atom. The maximum Gasteiger partial charge on any atom is 0.323 e. The Morgan fingerprint density at radius 1 is 1.42 bits per heavy atom. The molecule has 0 aromatic heterocycles. The minimum atomic E-state index is -0.141. The van der Waals surface area contributed by atoms with Gasteiger partial charge in [-0.05, 0) is 37.1 Å². The van der Waals surface area contributed by atoms with E-state index in [-0.39, 0.29) is 18.8 Å². The molecule has 0 aliphatic carbocycles. The summed E-state index contributed by atoms with van der Waals surface area (Å²) in [6, 6.07) is 5.80. The van der Waals surface area contributed by atoms with Crippen LogP contribution in [0.2, 0.25) is 0 Å². The summed E-state index contributed by atoms with van der Waals surface area (Å²) >= 11 is 0. The Bertz CT molecular complexity index is 488. The molecular formula is C14H17NO4.